The van der Waals surface area contributed by atoms with Crippen LogP contribution in [0, 0.1) is 5.92 Å². The van der Waals surface area contributed by atoms with Gasteiger partial charge in [-0.2, -0.15) is 4.52 Å². The van der Waals surface area contributed by atoms with Crippen LogP contribution in [0.2, 0.25) is 0 Å². The van der Waals surface area contributed by atoms with E-state index >= 15 is 0 Å². The van der Waals surface area contributed by atoms with Gasteiger partial charge in [0.2, 0.25) is 0 Å². The number of fused-ring (bicyclic) bond motifs is 1. The van der Waals surface area contributed by atoms with Gasteiger partial charge in [0, 0.05) is 18.0 Å². The second-order valence-corrected chi connectivity index (χ2v) is 4.47. The Kier molecular flexibility index (Phi) is 2.05. The van der Waals surface area contributed by atoms with E-state index in [1.54, 1.807) is 16.9 Å². The Hall–Kier alpha value is -1.23. The fourth-order valence-corrected chi connectivity index (χ4v) is 2.10. The normalized spacial score (nSPS) is 18.2. The predicted octanol–water partition coefficient (Wildman–Crippen LogP) is 1.08. The van der Waals surface area contributed by atoms with Crippen molar-refractivity contribution in [1.29, 1.82) is 0 Å². The first-order valence-electron chi connectivity index (χ1n) is 4.99. The molecule has 6 heteroatoms. The first-order chi connectivity index (χ1) is 7.34. The summed E-state index contributed by atoms with van der Waals surface area (Å²) in [4.78, 5) is 4.10. The molecular formula is C9H10ClN5. The molecule has 1 atom stereocenters. The topological polar surface area (TPSA) is 56.0 Å². The third-order valence-corrected chi connectivity index (χ3v) is 3.23. The van der Waals surface area contributed by atoms with E-state index in [-0.39, 0.29) is 5.38 Å². The van der Waals surface area contributed by atoms with Gasteiger partial charge in [-0.3, -0.25) is 4.98 Å². The number of halogens is 1. The zero-order chi connectivity index (χ0) is 10.3. The summed E-state index contributed by atoms with van der Waals surface area (Å²) in [6.45, 7) is 0. The lowest BCUT2D eigenvalue weighted by molar-refractivity contribution is 0.687. The van der Waals surface area contributed by atoms with Crippen LogP contribution in [0.3, 0.4) is 0 Å². The maximum Gasteiger partial charge on any atom is 0.197 e. The summed E-state index contributed by atoms with van der Waals surface area (Å²) >= 11 is 6.27. The van der Waals surface area contributed by atoms with Gasteiger partial charge in [0.15, 0.2) is 5.65 Å². The van der Waals surface area contributed by atoms with Gasteiger partial charge in [0.25, 0.3) is 0 Å². The highest BCUT2D eigenvalue weighted by Gasteiger charge is 2.30. The first kappa shape index (κ1) is 9.03. The Morgan fingerprint density at radius 2 is 2.33 bits per heavy atom. The summed E-state index contributed by atoms with van der Waals surface area (Å²) in [6, 6.07) is 0. The van der Waals surface area contributed by atoms with Crippen molar-refractivity contribution in [3.63, 3.8) is 0 Å². The second kappa shape index (κ2) is 3.41. The lowest BCUT2D eigenvalue weighted by Gasteiger charge is -2.07. The molecule has 15 heavy (non-hydrogen) atoms. The minimum Gasteiger partial charge on any atom is -0.259 e. The molecule has 3 rings (SSSR count). The van der Waals surface area contributed by atoms with Crippen LogP contribution in [-0.4, -0.2) is 30.4 Å². The molecule has 78 valence electrons. The molecule has 2 aromatic rings. The second-order valence-electron chi connectivity index (χ2n) is 3.91. The lowest BCUT2D eigenvalue weighted by Crippen LogP contribution is -2.10. The smallest absolute Gasteiger partial charge is 0.197 e. The van der Waals surface area contributed by atoms with Crippen LogP contribution in [-0.2, 0) is 6.42 Å². The summed E-state index contributed by atoms with van der Waals surface area (Å²) in [6.07, 6.45) is 6.69. The molecule has 1 aliphatic carbocycles. The van der Waals surface area contributed by atoms with E-state index in [0.29, 0.717) is 11.6 Å². The Bertz CT molecular complexity index is 478. The third kappa shape index (κ3) is 1.67. The van der Waals surface area contributed by atoms with Crippen LogP contribution in [0.25, 0.3) is 5.65 Å². The van der Waals surface area contributed by atoms with E-state index in [4.69, 9.17) is 11.6 Å². The molecule has 1 aliphatic rings. The Morgan fingerprint density at radius 1 is 1.47 bits per heavy atom. The van der Waals surface area contributed by atoms with Crippen molar-refractivity contribution in [2.45, 2.75) is 24.6 Å². The van der Waals surface area contributed by atoms with Crippen molar-refractivity contribution >= 4 is 17.2 Å². The van der Waals surface area contributed by atoms with Crippen LogP contribution in [0.4, 0.5) is 0 Å². The number of tetrazole rings is 1. The van der Waals surface area contributed by atoms with Gasteiger partial charge in [-0.05, 0) is 29.2 Å². The summed E-state index contributed by atoms with van der Waals surface area (Å²) in [5, 5.41) is 11.5. The molecular weight excluding hydrogens is 214 g/mol. The van der Waals surface area contributed by atoms with Crippen LogP contribution < -0.4 is 0 Å². The van der Waals surface area contributed by atoms with E-state index in [2.05, 4.69) is 20.5 Å². The van der Waals surface area contributed by atoms with E-state index in [1.165, 1.54) is 12.8 Å². The molecule has 2 aromatic heterocycles. The van der Waals surface area contributed by atoms with Crippen molar-refractivity contribution in [2.75, 3.05) is 0 Å². The summed E-state index contributed by atoms with van der Waals surface area (Å²) < 4.78 is 1.70. The SMILES string of the molecule is ClC(Cc1cncc2nnnn12)C1CC1. The number of aromatic nitrogens is 5. The Morgan fingerprint density at radius 3 is 3.13 bits per heavy atom. The lowest BCUT2D eigenvalue weighted by atomic mass is 10.2. The molecule has 1 saturated carbocycles. The number of hydrogen-bond acceptors (Lipinski definition) is 4. The molecule has 1 fully saturated rings. The van der Waals surface area contributed by atoms with E-state index in [0.717, 1.165) is 12.1 Å². The molecule has 1 unspecified atom stereocenters. The fraction of sp³-hybridized carbons (Fsp3) is 0.556. The first-order valence-corrected chi connectivity index (χ1v) is 5.43. The van der Waals surface area contributed by atoms with E-state index < -0.39 is 0 Å². The van der Waals surface area contributed by atoms with Gasteiger partial charge in [0.1, 0.15) is 0 Å². The predicted molar refractivity (Wildman–Crippen MR) is 54.6 cm³/mol. The highest BCUT2D eigenvalue weighted by molar-refractivity contribution is 6.21. The number of alkyl halides is 1. The third-order valence-electron chi connectivity index (χ3n) is 2.72. The zero-order valence-electron chi connectivity index (χ0n) is 8.04. The molecule has 0 amide bonds. The number of rotatable bonds is 3. The quantitative estimate of drug-likeness (QED) is 0.731. The standard InChI is InChI=1S/C9H10ClN5/c10-8(6-1-2-6)3-7-4-11-5-9-12-13-14-15(7)9/h4-6,8H,1-3H2. The van der Waals surface area contributed by atoms with Crippen molar-refractivity contribution in [3.8, 4) is 0 Å². The number of nitrogens with zero attached hydrogens (tertiary/aromatic N) is 5. The summed E-state index contributed by atoms with van der Waals surface area (Å²) in [7, 11) is 0. The van der Waals surface area contributed by atoms with Crippen molar-refractivity contribution < 1.29 is 0 Å². The molecule has 0 aromatic carbocycles. The zero-order valence-corrected chi connectivity index (χ0v) is 8.80. The van der Waals surface area contributed by atoms with Gasteiger partial charge >= 0.3 is 0 Å². The number of hydrogen-bond donors (Lipinski definition) is 0. The highest BCUT2D eigenvalue weighted by atomic mass is 35.5. The fourth-order valence-electron chi connectivity index (χ4n) is 1.69. The minimum absolute atomic E-state index is 0.182. The van der Waals surface area contributed by atoms with E-state index in [1.807, 2.05) is 0 Å². The van der Waals surface area contributed by atoms with Gasteiger partial charge in [-0.15, -0.1) is 16.7 Å². The molecule has 0 saturated heterocycles. The van der Waals surface area contributed by atoms with Crippen LogP contribution in [0.5, 0.6) is 0 Å². The Labute approximate surface area is 91.5 Å². The minimum atomic E-state index is 0.182. The van der Waals surface area contributed by atoms with Crippen LogP contribution in [0.15, 0.2) is 12.4 Å². The van der Waals surface area contributed by atoms with Crippen molar-refractivity contribution in [1.82, 2.24) is 25.0 Å². The van der Waals surface area contributed by atoms with Crippen LogP contribution >= 0.6 is 11.6 Å². The molecule has 0 aliphatic heterocycles. The summed E-state index contributed by atoms with van der Waals surface area (Å²) in [5.41, 5.74) is 1.65. The van der Waals surface area contributed by atoms with Gasteiger partial charge in [-0.25, -0.2) is 0 Å². The molecule has 0 N–H and O–H groups in total. The largest absolute Gasteiger partial charge is 0.259 e. The highest BCUT2D eigenvalue weighted by Crippen LogP contribution is 2.36. The molecule has 0 radical (unpaired) electrons. The molecule has 2 heterocycles. The van der Waals surface area contributed by atoms with E-state index in [9.17, 15) is 0 Å². The maximum absolute atomic E-state index is 6.27. The van der Waals surface area contributed by atoms with Crippen molar-refractivity contribution in [3.05, 3.63) is 18.1 Å². The summed E-state index contributed by atoms with van der Waals surface area (Å²) in [5.74, 6) is 0.665. The van der Waals surface area contributed by atoms with Crippen molar-refractivity contribution in [2.24, 2.45) is 5.92 Å². The molecule has 0 bridgehead atoms. The van der Waals surface area contributed by atoms with Gasteiger partial charge in [0.05, 0.1) is 11.9 Å². The maximum atomic E-state index is 6.27. The van der Waals surface area contributed by atoms with Gasteiger partial charge in [-0.1, -0.05) is 0 Å². The average molecular weight is 224 g/mol. The monoisotopic (exact) mass is 223 g/mol. The molecule has 5 nitrogen and oxygen atoms in total. The Balaban J connectivity index is 1.92. The van der Waals surface area contributed by atoms with Gasteiger partial charge < -0.3 is 0 Å². The average Bonchev–Trinajstić information content (AvgIpc) is 2.97. The molecule has 0 spiro atoms. The van der Waals surface area contributed by atoms with Crippen LogP contribution in [0.1, 0.15) is 18.5 Å².